The molecule has 17 heavy (non-hydrogen) atoms. The molecule has 0 bridgehead atoms. The van der Waals surface area contributed by atoms with Crippen LogP contribution in [0.25, 0.3) is 0 Å². The third kappa shape index (κ3) is 2.74. The highest BCUT2D eigenvalue weighted by atomic mass is 32.1. The standard InChI is InChI=1S/C12H15N3OS/c1-12(2)7-9(14-15-11(13)17)8-5-3-4-6-10(8)16-12/h3-6H,7H2,1-2H3,(H3,13,15,17)/b14-9-. The molecule has 0 aromatic heterocycles. The molecule has 90 valence electrons. The number of thiocarbonyl (C=S) groups is 1. The maximum Gasteiger partial charge on any atom is 0.184 e. The lowest BCUT2D eigenvalue weighted by molar-refractivity contribution is 0.111. The van der Waals surface area contributed by atoms with Gasteiger partial charge >= 0.3 is 0 Å². The summed E-state index contributed by atoms with van der Waals surface area (Å²) in [5.74, 6) is 0.840. The average Bonchev–Trinajstić information content (AvgIpc) is 2.24. The first-order valence-electron chi connectivity index (χ1n) is 5.38. The van der Waals surface area contributed by atoms with Crippen molar-refractivity contribution < 1.29 is 4.74 Å². The van der Waals surface area contributed by atoms with Gasteiger partial charge in [0.05, 0.1) is 5.71 Å². The van der Waals surface area contributed by atoms with Crippen molar-refractivity contribution in [2.45, 2.75) is 25.9 Å². The minimum absolute atomic E-state index is 0.166. The van der Waals surface area contributed by atoms with E-state index in [2.05, 4.69) is 10.5 Å². The Morgan fingerprint density at radius 2 is 2.18 bits per heavy atom. The van der Waals surface area contributed by atoms with E-state index in [1.54, 1.807) is 0 Å². The Morgan fingerprint density at radius 3 is 2.88 bits per heavy atom. The molecule has 5 heteroatoms. The number of rotatable bonds is 1. The second-order valence-electron chi connectivity index (χ2n) is 4.57. The van der Waals surface area contributed by atoms with Gasteiger partial charge in [-0.25, -0.2) is 0 Å². The van der Waals surface area contributed by atoms with Crippen LogP contribution in [0, 0.1) is 0 Å². The molecule has 2 rings (SSSR count). The van der Waals surface area contributed by atoms with Gasteiger partial charge in [0, 0.05) is 12.0 Å². The van der Waals surface area contributed by atoms with Crippen LogP contribution in [0.2, 0.25) is 0 Å². The van der Waals surface area contributed by atoms with Crippen molar-refractivity contribution in [3.05, 3.63) is 29.8 Å². The fraction of sp³-hybridized carbons (Fsp3) is 0.333. The van der Waals surface area contributed by atoms with Crippen LogP contribution >= 0.6 is 12.2 Å². The van der Waals surface area contributed by atoms with Gasteiger partial charge < -0.3 is 10.5 Å². The van der Waals surface area contributed by atoms with E-state index in [-0.39, 0.29) is 10.7 Å². The molecule has 0 aliphatic carbocycles. The van der Waals surface area contributed by atoms with E-state index in [9.17, 15) is 0 Å². The van der Waals surface area contributed by atoms with Gasteiger partial charge in [-0.15, -0.1) is 0 Å². The molecule has 0 amide bonds. The van der Waals surface area contributed by atoms with E-state index in [0.29, 0.717) is 6.42 Å². The summed E-state index contributed by atoms with van der Waals surface area (Å²) in [6.07, 6.45) is 0.708. The summed E-state index contributed by atoms with van der Waals surface area (Å²) in [7, 11) is 0. The summed E-state index contributed by atoms with van der Waals surface area (Å²) in [5, 5.41) is 4.41. The summed E-state index contributed by atoms with van der Waals surface area (Å²) < 4.78 is 5.88. The number of benzene rings is 1. The Bertz CT molecular complexity index is 482. The SMILES string of the molecule is CC1(C)C/C(=N/NC(N)=S)c2ccccc2O1. The maximum absolute atomic E-state index is 5.88. The molecule has 0 radical (unpaired) electrons. The molecule has 0 fully saturated rings. The van der Waals surface area contributed by atoms with Crippen molar-refractivity contribution in [1.29, 1.82) is 0 Å². The lowest BCUT2D eigenvalue weighted by Gasteiger charge is -2.33. The van der Waals surface area contributed by atoms with Gasteiger partial charge in [-0.2, -0.15) is 5.10 Å². The quantitative estimate of drug-likeness (QED) is 0.588. The second kappa shape index (κ2) is 4.33. The van der Waals surface area contributed by atoms with Crippen LogP contribution in [0.5, 0.6) is 5.75 Å². The van der Waals surface area contributed by atoms with Crippen molar-refractivity contribution in [3.63, 3.8) is 0 Å². The Hall–Kier alpha value is -1.62. The van der Waals surface area contributed by atoms with Gasteiger partial charge in [-0.3, -0.25) is 5.43 Å². The van der Waals surface area contributed by atoms with Gasteiger partial charge in [0.25, 0.3) is 0 Å². The molecule has 1 aromatic carbocycles. The smallest absolute Gasteiger partial charge is 0.184 e. The topological polar surface area (TPSA) is 59.6 Å². The van der Waals surface area contributed by atoms with Crippen molar-refractivity contribution in [3.8, 4) is 5.75 Å². The third-order valence-corrected chi connectivity index (χ3v) is 2.57. The van der Waals surface area contributed by atoms with E-state index < -0.39 is 0 Å². The lowest BCUT2D eigenvalue weighted by atomic mass is 9.92. The van der Waals surface area contributed by atoms with E-state index in [0.717, 1.165) is 17.0 Å². The first-order chi connectivity index (χ1) is 7.98. The second-order valence-corrected chi connectivity index (χ2v) is 5.01. The molecule has 4 nitrogen and oxygen atoms in total. The predicted octanol–water partition coefficient (Wildman–Crippen LogP) is 1.79. The Balaban J connectivity index is 2.39. The predicted molar refractivity (Wildman–Crippen MR) is 72.2 cm³/mol. The summed E-state index contributed by atoms with van der Waals surface area (Å²) in [6.45, 7) is 4.05. The molecule has 0 unspecified atom stereocenters. The number of para-hydroxylation sites is 1. The first kappa shape index (κ1) is 11.9. The highest BCUT2D eigenvalue weighted by Gasteiger charge is 2.30. The molecule has 1 aliphatic rings. The zero-order valence-corrected chi connectivity index (χ0v) is 10.7. The van der Waals surface area contributed by atoms with Crippen LogP contribution in [0.3, 0.4) is 0 Å². The highest BCUT2D eigenvalue weighted by Crippen LogP contribution is 2.32. The Morgan fingerprint density at radius 1 is 1.47 bits per heavy atom. The first-order valence-corrected chi connectivity index (χ1v) is 5.79. The number of ether oxygens (including phenoxy) is 1. The summed E-state index contributed by atoms with van der Waals surface area (Å²) in [5.41, 5.74) is 9.63. The van der Waals surface area contributed by atoms with Gasteiger partial charge in [0.15, 0.2) is 5.11 Å². The van der Waals surface area contributed by atoms with Crippen LogP contribution < -0.4 is 15.9 Å². The van der Waals surface area contributed by atoms with E-state index in [1.807, 2.05) is 38.1 Å². The Labute approximate surface area is 106 Å². The van der Waals surface area contributed by atoms with Gasteiger partial charge in [0.2, 0.25) is 0 Å². The number of nitrogens with two attached hydrogens (primary N) is 1. The average molecular weight is 249 g/mol. The van der Waals surface area contributed by atoms with Crippen LogP contribution in [0.1, 0.15) is 25.8 Å². The summed E-state index contributed by atoms with van der Waals surface area (Å²) in [4.78, 5) is 0. The summed E-state index contributed by atoms with van der Waals surface area (Å²) in [6, 6.07) is 7.81. The van der Waals surface area contributed by atoms with Crippen LogP contribution in [0.15, 0.2) is 29.4 Å². The molecule has 1 heterocycles. The van der Waals surface area contributed by atoms with Crippen molar-refractivity contribution >= 4 is 23.0 Å². The zero-order valence-electron chi connectivity index (χ0n) is 9.86. The van der Waals surface area contributed by atoms with Crippen LogP contribution in [-0.4, -0.2) is 16.4 Å². The lowest BCUT2D eigenvalue weighted by Crippen LogP contribution is -2.37. The van der Waals surface area contributed by atoms with Gasteiger partial charge in [-0.05, 0) is 38.2 Å². The van der Waals surface area contributed by atoms with Gasteiger partial charge in [-0.1, -0.05) is 12.1 Å². The van der Waals surface area contributed by atoms with Crippen molar-refractivity contribution in [2.24, 2.45) is 10.8 Å². The number of fused-ring (bicyclic) bond motifs is 1. The number of hydrogen-bond acceptors (Lipinski definition) is 3. The van der Waals surface area contributed by atoms with Crippen molar-refractivity contribution in [2.75, 3.05) is 0 Å². The number of nitrogens with one attached hydrogen (secondary N) is 1. The normalized spacial score (nSPS) is 19.3. The fourth-order valence-electron chi connectivity index (χ4n) is 1.85. The number of hydrogen-bond donors (Lipinski definition) is 2. The molecule has 1 aliphatic heterocycles. The molecule has 0 saturated heterocycles. The Kier molecular flexibility index (Phi) is 3.02. The fourth-order valence-corrected chi connectivity index (χ4v) is 1.89. The van der Waals surface area contributed by atoms with Gasteiger partial charge in [0.1, 0.15) is 11.4 Å². The molecular formula is C12H15N3OS. The highest BCUT2D eigenvalue weighted by molar-refractivity contribution is 7.80. The molecule has 0 spiro atoms. The van der Waals surface area contributed by atoms with Crippen LogP contribution in [0.4, 0.5) is 0 Å². The minimum Gasteiger partial charge on any atom is -0.487 e. The molecule has 0 atom stereocenters. The maximum atomic E-state index is 5.88. The van der Waals surface area contributed by atoms with E-state index in [4.69, 9.17) is 22.7 Å². The number of hydrazone groups is 1. The minimum atomic E-state index is -0.273. The molecule has 3 N–H and O–H groups in total. The van der Waals surface area contributed by atoms with Crippen molar-refractivity contribution in [1.82, 2.24) is 5.43 Å². The molecule has 0 saturated carbocycles. The van der Waals surface area contributed by atoms with Crippen LogP contribution in [-0.2, 0) is 0 Å². The van der Waals surface area contributed by atoms with E-state index in [1.165, 1.54) is 0 Å². The van der Waals surface area contributed by atoms with E-state index >= 15 is 0 Å². The zero-order chi connectivity index (χ0) is 12.5. The third-order valence-electron chi connectivity index (χ3n) is 2.48. The molecular weight excluding hydrogens is 234 g/mol. The molecule has 1 aromatic rings. The number of nitrogens with zero attached hydrogens (tertiary/aromatic N) is 1. The monoisotopic (exact) mass is 249 g/mol. The summed E-state index contributed by atoms with van der Waals surface area (Å²) >= 11 is 4.75. The largest absolute Gasteiger partial charge is 0.487 e.